The summed E-state index contributed by atoms with van der Waals surface area (Å²) >= 11 is 0. The minimum absolute atomic E-state index is 0.923. The van der Waals surface area contributed by atoms with E-state index in [1.165, 1.54) is 69.8 Å². The van der Waals surface area contributed by atoms with Crippen LogP contribution in [0.15, 0.2) is 35.3 Å². The normalized spacial score (nSPS) is 11.3. The van der Waals surface area contributed by atoms with Crippen LogP contribution in [0.4, 0.5) is 0 Å². The van der Waals surface area contributed by atoms with Crippen molar-refractivity contribution in [3.05, 3.63) is 35.9 Å². The van der Waals surface area contributed by atoms with Gasteiger partial charge < -0.3 is 4.74 Å². The second-order valence-corrected chi connectivity index (χ2v) is 5.97. The Bertz CT molecular complexity index is 361. The summed E-state index contributed by atoms with van der Waals surface area (Å²) in [6, 6.07) is 10.3. The fourth-order valence-electron chi connectivity index (χ4n) is 2.57. The third-order valence-electron chi connectivity index (χ3n) is 3.93. The molecule has 0 aromatic heterocycles. The zero-order chi connectivity index (χ0) is 15.7. The first-order valence-electron chi connectivity index (χ1n) is 8.97. The number of aliphatic imine (C=N–C) groups is 1. The van der Waals surface area contributed by atoms with Crippen LogP contribution >= 0.6 is 0 Å². The number of ether oxygens (including phenoxy) is 1. The van der Waals surface area contributed by atoms with Gasteiger partial charge >= 0.3 is 0 Å². The van der Waals surface area contributed by atoms with Crippen LogP contribution in [0.1, 0.15) is 69.8 Å². The summed E-state index contributed by atoms with van der Waals surface area (Å²) in [4.78, 5) is 4.49. The second kappa shape index (κ2) is 14.8. The number of benzene rings is 1. The molecule has 1 aromatic rings. The van der Waals surface area contributed by atoms with Gasteiger partial charge in [0.1, 0.15) is 0 Å². The third kappa shape index (κ3) is 11.5. The molecule has 0 saturated heterocycles. The first-order valence-corrected chi connectivity index (χ1v) is 8.97. The molecule has 0 spiro atoms. The summed E-state index contributed by atoms with van der Waals surface area (Å²) in [5.74, 6) is 0. The molecular formula is C20H33NO. The van der Waals surface area contributed by atoms with Gasteiger partial charge in [-0.15, -0.1) is 0 Å². The zero-order valence-electron chi connectivity index (χ0n) is 14.3. The van der Waals surface area contributed by atoms with E-state index in [0.29, 0.717) is 0 Å². The molecule has 2 heteroatoms. The molecule has 0 heterocycles. The van der Waals surface area contributed by atoms with Crippen molar-refractivity contribution >= 4 is 6.21 Å². The van der Waals surface area contributed by atoms with Gasteiger partial charge in [0, 0.05) is 26.5 Å². The van der Waals surface area contributed by atoms with Gasteiger partial charge in [-0.2, -0.15) is 0 Å². The van der Waals surface area contributed by atoms with Gasteiger partial charge in [-0.25, -0.2) is 0 Å². The Labute approximate surface area is 137 Å². The van der Waals surface area contributed by atoms with Crippen molar-refractivity contribution in [1.82, 2.24) is 0 Å². The smallest absolute Gasteiger partial charge is 0.0462 e. The van der Waals surface area contributed by atoms with Gasteiger partial charge in [-0.3, -0.25) is 4.99 Å². The molecular weight excluding hydrogens is 270 g/mol. The summed E-state index contributed by atoms with van der Waals surface area (Å²) in [6.07, 6.45) is 15.4. The lowest BCUT2D eigenvalue weighted by Crippen LogP contribution is -1.88. The van der Waals surface area contributed by atoms with Crippen LogP contribution in [-0.2, 0) is 4.74 Å². The zero-order valence-corrected chi connectivity index (χ0v) is 14.3. The Morgan fingerprint density at radius 3 is 1.91 bits per heavy atom. The van der Waals surface area contributed by atoms with Gasteiger partial charge in [-0.1, -0.05) is 81.7 Å². The number of unbranched alkanes of at least 4 members (excludes halogenated alkanes) is 9. The first kappa shape index (κ1) is 18.9. The molecule has 0 fully saturated rings. The standard InChI is InChI=1S/C20H33NO/c1-22-18-14-9-7-5-3-2-4-6-8-13-17-21-19-20-15-11-10-12-16-20/h10-12,15-16,19H,2-9,13-14,17-18H2,1H3. The number of rotatable bonds is 14. The van der Waals surface area contributed by atoms with Crippen molar-refractivity contribution in [1.29, 1.82) is 0 Å². The Morgan fingerprint density at radius 1 is 0.773 bits per heavy atom. The Kier molecular flexibility index (Phi) is 12.7. The number of nitrogens with zero attached hydrogens (tertiary/aromatic N) is 1. The fourth-order valence-corrected chi connectivity index (χ4v) is 2.57. The monoisotopic (exact) mass is 303 g/mol. The van der Waals surface area contributed by atoms with E-state index >= 15 is 0 Å². The van der Waals surface area contributed by atoms with E-state index in [0.717, 1.165) is 13.2 Å². The molecule has 0 aliphatic rings. The van der Waals surface area contributed by atoms with Crippen molar-refractivity contribution in [2.45, 2.75) is 64.2 Å². The third-order valence-corrected chi connectivity index (χ3v) is 3.93. The van der Waals surface area contributed by atoms with Crippen molar-refractivity contribution in [2.75, 3.05) is 20.3 Å². The highest BCUT2D eigenvalue weighted by Gasteiger charge is 1.93. The maximum absolute atomic E-state index is 5.06. The lowest BCUT2D eigenvalue weighted by Gasteiger charge is -2.02. The van der Waals surface area contributed by atoms with Crippen LogP contribution in [0.3, 0.4) is 0 Å². The van der Waals surface area contributed by atoms with Gasteiger partial charge in [0.25, 0.3) is 0 Å². The van der Waals surface area contributed by atoms with E-state index in [2.05, 4.69) is 29.3 Å². The predicted molar refractivity (Wildman–Crippen MR) is 96.9 cm³/mol. The molecule has 0 radical (unpaired) electrons. The molecule has 0 bridgehead atoms. The molecule has 0 saturated carbocycles. The molecule has 22 heavy (non-hydrogen) atoms. The average Bonchev–Trinajstić information content (AvgIpc) is 2.56. The van der Waals surface area contributed by atoms with E-state index in [-0.39, 0.29) is 0 Å². The van der Waals surface area contributed by atoms with E-state index in [1.807, 2.05) is 12.3 Å². The highest BCUT2D eigenvalue weighted by molar-refractivity contribution is 5.79. The van der Waals surface area contributed by atoms with Gasteiger partial charge in [0.05, 0.1) is 0 Å². The predicted octanol–water partition coefficient (Wildman–Crippen LogP) is 5.65. The van der Waals surface area contributed by atoms with Gasteiger partial charge in [0.2, 0.25) is 0 Å². The number of methoxy groups -OCH3 is 1. The van der Waals surface area contributed by atoms with Crippen LogP contribution < -0.4 is 0 Å². The summed E-state index contributed by atoms with van der Waals surface area (Å²) in [5, 5.41) is 0. The topological polar surface area (TPSA) is 21.6 Å². The molecule has 124 valence electrons. The van der Waals surface area contributed by atoms with E-state index in [1.54, 1.807) is 7.11 Å². The molecule has 0 amide bonds. The first-order chi connectivity index (χ1) is 10.9. The molecule has 0 atom stereocenters. The molecule has 1 rings (SSSR count). The minimum Gasteiger partial charge on any atom is -0.385 e. The van der Waals surface area contributed by atoms with Crippen LogP contribution in [0.2, 0.25) is 0 Å². The van der Waals surface area contributed by atoms with Crippen LogP contribution in [0.5, 0.6) is 0 Å². The van der Waals surface area contributed by atoms with Crippen LogP contribution in [-0.4, -0.2) is 26.5 Å². The Morgan fingerprint density at radius 2 is 1.32 bits per heavy atom. The SMILES string of the molecule is COCCCCCCCCCCCCN=Cc1ccccc1. The fraction of sp³-hybridized carbons (Fsp3) is 0.650. The van der Waals surface area contributed by atoms with E-state index in [9.17, 15) is 0 Å². The van der Waals surface area contributed by atoms with Gasteiger partial charge in [0.15, 0.2) is 0 Å². The number of hydrogen-bond acceptors (Lipinski definition) is 2. The molecule has 0 N–H and O–H groups in total. The Hall–Kier alpha value is -1.15. The van der Waals surface area contributed by atoms with Crippen molar-refractivity contribution in [3.8, 4) is 0 Å². The lowest BCUT2D eigenvalue weighted by molar-refractivity contribution is 0.192. The van der Waals surface area contributed by atoms with Gasteiger partial charge in [-0.05, 0) is 18.4 Å². The Balaban J connectivity index is 1.79. The van der Waals surface area contributed by atoms with Crippen molar-refractivity contribution in [2.24, 2.45) is 4.99 Å². The maximum Gasteiger partial charge on any atom is 0.0462 e. The van der Waals surface area contributed by atoms with E-state index in [4.69, 9.17) is 4.74 Å². The molecule has 0 aliphatic heterocycles. The quantitative estimate of drug-likeness (QED) is 0.321. The second-order valence-electron chi connectivity index (χ2n) is 5.97. The molecule has 2 nitrogen and oxygen atoms in total. The largest absolute Gasteiger partial charge is 0.385 e. The summed E-state index contributed by atoms with van der Waals surface area (Å²) in [6.45, 7) is 1.89. The highest BCUT2D eigenvalue weighted by Crippen LogP contribution is 2.10. The molecule has 0 unspecified atom stereocenters. The summed E-state index contributed by atoms with van der Waals surface area (Å²) in [5.41, 5.74) is 1.20. The summed E-state index contributed by atoms with van der Waals surface area (Å²) in [7, 11) is 1.78. The summed E-state index contributed by atoms with van der Waals surface area (Å²) < 4.78 is 5.06. The highest BCUT2D eigenvalue weighted by atomic mass is 16.5. The van der Waals surface area contributed by atoms with Crippen molar-refractivity contribution in [3.63, 3.8) is 0 Å². The average molecular weight is 303 g/mol. The number of hydrogen-bond donors (Lipinski definition) is 0. The minimum atomic E-state index is 0.923. The molecule has 0 aliphatic carbocycles. The lowest BCUT2D eigenvalue weighted by atomic mass is 10.1. The van der Waals surface area contributed by atoms with Crippen LogP contribution in [0.25, 0.3) is 0 Å². The van der Waals surface area contributed by atoms with Crippen LogP contribution in [0, 0.1) is 0 Å². The van der Waals surface area contributed by atoms with E-state index < -0.39 is 0 Å². The molecule has 1 aromatic carbocycles. The van der Waals surface area contributed by atoms with Crippen molar-refractivity contribution < 1.29 is 4.74 Å². The maximum atomic E-state index is 5.06.